The van der Waals surface area contributed by atoms with Crippen molar-refractivity contribution in [2.24, 2.45) is 0 Å². The molecule has 4 N–H and O–H groups in total. The summed E-state index contributed by atoms with van der Waals surface area (Å²) in [6.07, 6.45) is 0. The number of anilines is 2. The number of nitrogens with one attached hydrogen (secondary N) is 2. The number of rotatable bonds is 3. The Labute approximate surface area is 97.6 Å². The number of aromatic amines is 1. The zero-order chi connectivity index (χ0) is 12.3. The topological polar surface area (TPSA) is 116 Å². The van der Waals surface area contributed by atoms with Gasteiger partial charge in [0, 0.05) is 0 Å². The van der Waals surface area contributed by atoms with E-state index in [1.165, 1.54) is 0 Å². The Balaban J connectivity index is 2.21. The lowest BCUT2D eigenvalue weighted by atomic mass is 10.1. The standard InChI is InChI=1S/C10H11N7/c1-6(10-14-16-17-15-10)13-9-4-7(5-11)2-3-8(9)12/h2-4,6,13H,12H2,1H3,(H,14,15,16,17). The lowest BCUT2D eigenvalue weighted by Gasteiger charge is -2.13. The van der Waals surface area contributed by atoms with Gasteiger partial charge in [0.15, 0.2) is 5.82 Å². The maximum absolute atomic E-state index is 8.81. The van der Waals surface area contributed by atoms with Gasteiger partial charge in [-0.2, -0.15) is 10.5 Å². The van der Waals surface area contributed by atoms with Crippen LogP contribution < -0.4 is 11.1 Å². The molecule has 0 radical (unpaired) electrons. The number of hydrogen-bond donors (Lipinski definition) is 3. The van der Waals surface area contributed by atoms with Crippen LogP contribution in [0.15, 0.2) is 18.2 Å². The minimum Gasteiger partial charge on any atom is -0.397 e. The van der Waals surface area contributed by atoms with Crippen LogP contribution in [0.1, 0.15) is 24.4 Å². The highest BCUT2D eigenvalue weighted by molar-refractivity contribution is 5.68. The van der Waals surface area contributed by atoms with Gasteiger partial charge >= 0.3 is 0 Å². The van der Waals surface area contributed by atoms with Gasteiger partial charge in [0.2, 0.25) is 0 Å². The molecule has 0 amide bonds. The molecule has 7 nitrogen and oxygen atoms in total. The smallest absolute Gasteiger partial charge is 0.196 e. The van der Waals surface area contributed by atoms with Crippen molar-refractivity contribution in [1.82, 2.24) is 20.6 Å². The van der Waals surface area contributed by atoms with E-state index in [0.717, 1.165) is 0 Å². The second kappa shape index (κ2) is 4.49. The molecule has 1 aromatic heterocycles. The van der Waals surface area contributed by atoms with E-state index in [-0.39, 0.29) is 6.04 Å². The summed E-state index contributed by atoms with van der Waals surface area (Å²) in [6, 6.07) is 6.95. The summed E-state index contributed by atoms with van der Waals surface area (Å²) in [6.45, 7) is 1.88. The van der Waals surface area contributed by atoms with Crippen LogP contribution in [0, 0.1) is 11.3 Å². The highest BCUT2D eigenvalue weighted by Crippen LogP contribution is 2.23. The summed E-state index contributed by atoms with van der Waals surface area (Å²) in [4.78, 5) is 0. The average Bonchev–Trinajstić information content (AvgIpc) is 2.85. The third-order valence-corrected chi connectivity index (χ3v) is 2.30. The van der Waals surface area contributed by atoms with E-state index in [9.17, 15) is 0 Å². The first-order valence-corrected chi connectivity index (χ1v) is 5.00. The van der Waals surface area contributed by atoms with E-state index in [0.29, 0.717) is 22.8 Å². The largest absolute Gasteiger partial charge is 0.397 e. The summed E-state index contributed by atoms with van der Waals surface area (Å²) in [5.74, 6) is 0.534. The van der Waals surface area contributed by atoms with Crippen LogP contribution in [0.25, 0.3) is 0 Å². The van der Waals surface area contributed by atoms with Crippen molar-refractivity contribution in [2.75, 3.05) is 11.1 Å². The Morgan fingerprint density at radius 3 is 3.00 bits per heavy atom. The van der Waals surface area contributed by atoms with Crippen molar-refractivity contribution in [3.8, 4) is 6.07 Å². The maximum Gasteiger partial charge on any atom is 0.196 e. The van der Waals surface area contributed by atoms with Crippen molar-refractivity contribution in [3.63, 3.8) is 0 Å². The van der Waals surface area contributed by atoms with Crippen LogP contribution in [0.2, 0.25) is 0 Å². The molecule has 0 bridgehead atoms. The van der Waals surface area contributed by atoms with Crippen LogP contribution in [0.4, 0.5) is 11.4 Å². The van der Waals surface area contributed by atoms with Gasteiger partial charge in [0.25, 0.3) is 0 Å². The van der Waals surface area contributed by atoms with Gasteiger partial charge in [-0.15, -0.1) is 10.2 Å². The van der Waals surface area contributed by atoms with Crippen molar-refractivity contribution >= 4 is 11.4 Å². The Bertz CT molecular complexity index is 540. The van der Waals surface area contributed by atoms with Crippen LogP contribution >= 0.6 is 0 Å². The van der Waals surface area contributed by atoms with E-state index in [1.807, 2.05) is 6.92 Å². The molecule has 0 aliphatic carbocycles. The van der Waals surface area contributed by atoms with E-state index in [1.54, 1.807) is 18.2 Å². The monoisotopic (exact) mass is 229 g/mol. The molecule has 0 fully saturated rings. The maximum atomic E-state index is 8.81. The first kappa shape index (κ1) is 10.9. The summed E-state index contributed by atoms with van der Waals surface area (Å²) >= 11 is 0. The number of nitrogen functional groups attached to an aromatic ring is 1. The summed E-state index contributed by atoms with van der Waals surface area (Å²) in [5, 5.41) is 25.5. The van der Waals surface area contributed by atoms with Gasteiger partial charge in [0.1, 0.15) is 0 Å². The van der Waals surface area contributed by atoms with E-state index in [4.69, 9.17) is 11.0 Å². The zero-order valence-electron chi connectivity index (χ0n) is 9.18. The third kappa shape index (κ3) is 2.31. The predicted octanol–water partition coefficient (Wildman–Crippen LogP) is 0.827. The molecule has 1 heterocycles. The van der Waals surface area contributed by atoms with Gasteiger partial charge in [-0.25, -0.2) is 0 Å². The molecular formula is C10H11N7. The number of hydrogen-bond acceptors (Lipinski definition) is 6. The van der Waals surface area contributed by atoms with E-state index >= 15 is 0 Å². The van der Waals surface area contributed by atoms with Crippen molar-refractivity contribution in [1.29, 1.82) is 5.26 Å². The SMILES string of the molecule is CC(Nc1cc(C#N)ccc1N)c1nn[nH]n1. The first-order chi connectivity index (χ1) is 8.20. The fraction of sp³-hybridized carbons (Fsp3) is 0.200. The summed E-state index contributed by atoms with van der Waals surface area (Å²) in [5.41, 5.74) is 7.60. The summed E-state index contributed by atoms with van der Waals surface area (Å²) < 4.78 is 0. The second-order valence-corrected chi connectivity index (χ2v) is 3.55. The minimum atomic E-state index is -0.148. The van der Waals surface area contributed by atoms with Crippen molar-refractivity contribution in [3.05, 3.63) is 29.6 Å². The molecule has 0 spiro atoms. The predicted molar refractivity (Wildman–Crippen MR) is 61.8 cm³/mol. The molecule has 0 aliphatic rings. The highest BCUT2D eigenvalue weighted by atomic mass is 15.5. The van der Waals surface area contributed by atoms with Crippen molar-refractivity contribution < 1.29 is 0 Å². The molecule has 2 rings (SSSR count). The third-order valence-electron chi connectivity index (χ3n) is 2.30. The Morgan fingerprint density at radius 1 is 1.53 bits per heavy atom. The Morgan fingerprint density at radius 2 is 2.35 bits per heavy atom. The van der Waals surface area contributed by atoms with Gasteiger partial charge in [-0.1, -0.05) is 5.21 Å². The Hall–Kier alpha value is -2.62. The van der Waals surface area contributed by atoms with Crippen LogP contribution in [-0.4, -0.2) is 20.6 Å². The van der Waals surface area contributed by atoms with Gasteiger partial charge < -0.3 is 11.1 Å². The van der Waals surface area contributed by atoms with Gasteiger partial charge in [-0.3, -0.25) is 0 Å². The molecule has 2 aromatic rings. The number of tetrazole rings is 1. The number of H-pyrrole nitrogens is 1. The van der Waals surface area contributed by atoms with Gasteiger partial charge in [0.05, 0.1) is 29.0 Å². The normalized spacial score (nSPS) is 11.8. The summed E-state index contributed by atoms with van der Waals surface area (Å²) in [7, 11) is 0. The molecule has 7 heteroatoms. The fourth-order valence-corrected chi connectivity index (χ4v) is 1.40. The number of nitriles is 1. The molecule has 0 saturated heterocycles. The van der Waals surface area contributed by atoms with Gasteiger partial charge in [-0.05, 0) is 25.1 Å². The van der Waals surface area contributed by atoms with E-state index in [2.05, 4.69) is 32.0 Å². The quantitative estimate of drug-likeness (QED) is 0.671. The second-order valence-electron chi connectivity index (χ2n) is 3.55. The molecule has 86 valence electrons. The van der Waals surface area contributed by atoms with Crippen LogP contribution in [0.3, 0.4) is 0 Å². The molecular weight excluding hydrogens is 218 g/mol. The van der Waals surface area contributed by atoms with Crippen molar-refractivity contribution in [2.45, 2.75) is 13.0 Å². The highest BCUT2D eigenvalue weighted by Gasteiger charge is 2.11. The number of nitrogens with two attached hydrogens (primary N) is 1. The number of benzene rings is 1. The lowest BCUT2D eigenvalue weighted by Crippen LogP contribution is -2.10. The number of nitrogens with zero attached hydrogens (tertiary/aromatic N) is 4. The van der Waals surface area contributed by atoms with E-state index < -0.39 is 0 Å². The molecule has 17 heavy (non-hydrogen) atoms. The molecule has 1 atom stereocenters. The zero-order valence-corrected chi connectivity index (χ0v) is 9.18. The first-order valence-electron chi connectivity index (χ1n) is 5.00. The van der Waals surface area contributed by atoms with Crippen LogP contribution in [-0.2, 0) is 0 Å². The number of aromatic nitrogens is 4. The lowest BCUT2D eigenvalue weighted by molar-refractivity contribution is 0.794. The minimum absolute atomic E-state index is 0.148. The van der Waals surface area contributed by atoms with Crippen LogP contribution in [0.5, 0.6) is 0 Å². The fourth-order valence-electron chi connectivity index (χ4n) is 1.40. The molecule has 0 saturated carbocycles. The molecule has 0 aliphatic heterocycles. The average molecular weight is 229 g/mol. The Kier molecular flexibility index (Phi) is 2.87. The molecule has 1 aromatic carbocycles. The molecule has 1 unspecified atom stereocenters.